The number of hydrogen-bond donors (Lipinski definition) is 0. The molecule has 2 heterocycles. The van der Waals surface area contributed by atoms with Gasteiger partial charge in [0.15, 0.2) is 11.3 Å². The topological polar surface area (TPSA) is 39.2 Å². The summed E-state index contributed by atoms with van der Waals surface area (Å²) >= 11 is 3.22. The van der Waals surface area contributed by atoms with Crippen molar-refractivity contribution >= 4 is 27.0 Å². The molecule has 0 bridgehead atoms. The van der Waals surface area contributed by atoms with Crippen LogP contribution in [-0.4, -0.2) is 4.98 Å². The Balaban J connectivity index is 2.27. The Morgan fingerprint density at radius 2 is 2.19 bits per heavy atom. The molecule has 0 atom stereocenters. The fourth-order valence-electron chi connectivity index (χ4n) is 1.47. The molecule has 0 aliphatic heterocycles. The zero-order chi connectivity index (χ0) is 11.1. The van der Waals surface area contributed by atoms with Crippen LogP contribution in [0.4, 0.5) is 4.39 Å². The molecule has 16 heavy (non-hydrogen) atoms. The molecule has 3 rings (SSSR count). The highest BCUT2D eigenvalue weighted by Crippen LogP contribution is 2.30. The normalized spacial score (nSPS) is 11.1. The van der Waals surface area contributed by atoms with Crippen molar-refractivity contribution in [3.63, 3.8) is 0 Å². The third-order valence-corrected chi connectivity index (χ3v) is 2.73. The van der Waals surface area contributed by atoms with Crippen LogP contribution in [-0.2, 0) is 0 Å². The zero-order valence-electron chi connectivity index (χ0n) is 7.91. The number of nitrogens with zero attached hydrogens (tertiary/aromatic N) is 1. The van der Waals surface area contributed by atoms with Gasteiger partial charge in [-0.05, 0) is 34.1 Å². The van der Waals surface area contributed by atoms with Crippen molar-refractivity contribution in [2.24, 2.45) is 0 Å². The van der Waals surface area contributed by atoms with Crippen molar-refractivity contribution in [1.29, 1.82) is 0 Å². The van der Waals surface area contributed by atoms with Crippen molar-refractivity contribution in [1.82, 2.24) is 4.98 Å². The second-order valence-electron chi connectivity index (χ2n) is 3.23. The Hall–Kier alpha value is -1.62. The maximum absolute atomic E-state index is 13.1. The molecule has 1 aromatic carbocycles. The van der Waals surface area contributed by atoms with Gasteiger partial charge in [0.25, 0.3) is 5.89 Å². The Kier molecular flexibility index (Phi) is 2.07. The Bertz CT molecular complexity index is 645. The minimum Gasteiger partial charge on any atom is -0.459 e. The number of hydrogen-bond acceptors (Lipinski definition) is 3. The van der Waals surface area contributed by atoms with Gasteiger partial charge in [0.05, 0.1) is 10.7 Å². The Morgan fingerprint density at radius 3 is 2.94 bits per heavy atom. The van der Waals surface area contributed by atoms with Gasteiger partial charge in [0.2, 0.25) is 0 Å². The van der Waals surface area contributed by atoms with Crippen LogP contribution in [0, 0.1) is 5.82 Å². The van der Waals surface area contributed by atoms with Gasteiger partial charge in [-0.2, -0.15) is 0 Å². The SMILES string of the molecule is Fc1cc(Br)c2oc(-c3ccco3)nc2c1. The first-order valence-electron chi connectivity index (χ1n) is 4.53. The molecule has 3 nitrogen and oxygen atoms in total. The van der Waals surface area contributed by atoms with E-state index in [-0.39, 0.29) is 5.82 Å². The van der Waals surface area contributed by atoms with Crippen molar-refractivity contribution < 1.29 is 13.2 Å². The fourth-order valence-corrected chi connectivity index (χ4v) is 1.97. The van der Waals surface area contributed by atoms with E-state index >= 15 is 0 Å². The van der Waals surface area contributed by atoms with E-state index in [1.165, 1.54) is 18.4 Å². The van der Waals surface area contributed by atoms with E-state index < -0.39 is 0 Å². The van der Waals surface area contributed by atoms with E-state index in [0.29, 0.717) is 27.2 Å². The monoisotopic (exact) mass is 281 g/mol. The molecule has 0 fully saturated rings. The molecular weight excluding hydrogens is 277 g/mol. The summed E-state index contributed by atoms with van der Waals surface area (Å²) in [5.74, 6) is 0.494. The number of rotatable bonds is 1. The van der Waals surface area contributed by atoms with E-state index in [9.17, 15) is 4.39 Å². The molecule has 0 radical (unpaired) electrons. The molecule has 0 aliphatic carbocycles. The van der Waals surface area contributed by atoms with Gasteiger partial charge >= 0.3 is 0 Å². The van der Waals surface area contributed by atoms with Gasteiger partial charge in [-0.1, -0.05) is 0 Å². The second kappa shape index (κ2) is 3.45. The lowest BCUT2D eigenvalue weighted by atomic mass is 10.3. The third kappa shape index (κ3) is 1.44. The molecule has 3 aromatic rings. The van der Waals surface area contributed by atoms with Gasteiger partial charge in [0.1, 0.15) is 11.3 Å². The summed E-state index contributed by atoms with van der Waals surface area (Å²) < 4.78 is 24.3. The lowest BCUT2D eigenvalue weighted by Crippen LogP contribution is -1.75. The van der Waals surface area contributed by atoms with E-state index in [2.05, 4.69) is 20.9 Å². The average molecular weight is 282 g/mol. The number of furan rings is 1. The zero-order valence-corrected chi connectivity index (χ0v) is 9.49. The van der Waals surface area contributed by atoms with Gasteiger partial charge in [-0.25, -0.2) is 9.37 Å². The lowest BCUT2D eigenvalue weighted by molar-refractivity contribution is 0.534. The summed E-state index contributed by atoms with van der Waals surface area (Å²) in [6.45, 7) is 0. The number of oxazole rings is 1. The highest BCUT2D eigenvalue weighted by Gasteiger charge is 2.13. The van der Waals surface area contributed by atoms with E-state index in [0.717, 1.165) is 0 Å². The first-order chi connectivity index (χ1) is 7.74. The molecule has 2 aromatic heterocycles. The highest BCUT2D eigenvalue weighted by atomic mass is 79.9. The molecule has 0 amide bonds. The number of halogens is 2. The quantitative estimate of drug-likeness (QED) is 0.677. The highest BCUT2D eigenvalue weighted by molar-refractivity contribution is 9.10. The summed E-state index contributed by atoms with van der Waals surface area (Å²) in [5, 5.41) is 0. The van der Waals surface area contributed by atoms with E-state index in [1.54, 1.807) is 12.1 Å². The summed E-state index contributed by atoms with van der Waals surface area (Å²) in [4.78, 5) is 4.15. The summed E-state index contributed by atoms with van der Waals surface area (Å²) in [6, 6.07) is 6.12. The third-order valence-electron chi connectivity index (χ3n) is 2.14. The smallest absolute Gasteiger partial charge is 0.263 e. The minimum atomic E-state index is -0.362. The van der Waals surface area contributed by atoms with Crippen molar-refractivity contribution in [3.8, 4) is 11.7 Å². The number of fused-ring (bicyclic) bond motifs is 1. The fraction of sp³-hybridized carbons (Fsp3) is 0. The molecule has 0 N–H and O–H groups in total. The largest absolute Gasteiger partial charge is 0.459 e. The molecule has 0 aliphatic rings. The van der Waals surface area contributed by atoms with Crippen LogP contribution in [0.25, 0.3) is 22.8 Å². The number of benzene rings is 1. The van der Waals surface area contributed by atoms with E-state index in [4.69, 9.17) is 8.83 Å². The van der Waals surface area contributed by atoms with Crippen LogP contribution in [0.15, 0.2) is 43.8 Å². The Morgan fingerprint density at radius 1 is 1.31 bits per heavy atom. The minimum absolute atomic E-state index is 0.339. The van der Waals surface area contributed by atoms with Crippen molar-refractivity contribution in [3.05, 3.63) is 40.8 Å². The predicted molar refractivity (Wildman–Crippen MR) is 59.4 cm³/mol. The number of aromatic nitrogens is 1. The molecule has 80 valence electrons. The van der Waals surface area contributed by atoms with Crippen LogP contribution in [0.5, 0.6) is 0 Å². The van der Waals surface area contributed by atoms with Crippen molar-refractivity contribution in [2.45, 2.75) is 0 Å². The summed E-state index contributed by atoms with van der Waals surface area (Å²) in [6.07, 6.45) is 1.53. The Labute approximate surface area is 98.0 Å². The van der Waals surface area contributed by atoms with Crippen LogP contribution in [0.3, 0.4) is 0 Å². The first-order valence-corrected chi connectivity index (χ1v) is 5.33. The molecule has 0 saturated heterocycles. The van der Waals surface area contributed by atoms with E-state index in [1.807, 2.05) is 0 Å². The second-order valence-corrected chi connectivity index (χ2v) is 4.09. The van der Waals surface area contributed by atoms with Crippen LogP contribution < -0.4 is 0 Å². The molecule has 5 heteroatoms. The van der Waals surface area contributed by atoms with Crippen molar-refractivity contribution in [2.75, 3.05) is 0 Å². The summed E-state index contributed by atoms with van der Waals surface area (Å²) in [7, 11) is 0. The predicted octanol–water partition coefficient (Wildman–Crippen LogP) is 3.99. The maximum atomic E-state index is 13.1. The van der Waals surface area contributed by atoms with Crippen LogP contribution in [0.2, 0.25) is 0 Å². The standard InChI is InChI=1S/C11H5BrFNO2/c12-7-4-6(13)5-8-10(7)16-11(14-8)9-2-1-3-15-9/h1-5H. The van der Waals surface area contributed by atoms with Crippen LogP contribution in [0.1, 0.15) is 0 Å². The van der Waals surface area contributed by atoms with Gasteiger partial charge in [-0.3, -0.25) is 0 Å². The van der Waals surface area contributed by atoms with Gasteiger partial charge in [0, 0.05) is 6.07 Å². The lowest BCUT2D eigenvalue weighted by Gasteiger charge is -1.90. The maximum Gasteiger partial charge on any atom is 0.263 e. The average Bonchev–Trinajstić information content (AvgIpc) is 2.82. The van der Waals surface area contributed by atoms with Crippen LogP contribution >= 0.6 is 15.9 Å². The van der Waals surface area contributed by atoms with Gasteiger partial charge < -0.3 is 8.83 Å². The summed E-state index contributed by atoms with van der Waals surface area (Å²) in [5.41, 5.74) is 0.964. The van der Waals surface area contributed by atoms with Gasteiger partial charge in [-0.15, -0.1) is 0 Å². The molecule has 0 unspecified atom stereocenters. The first kappa shape index (κ1) is 9.59. The molecule has 0 saturated carbocycles. The molecular formula is C11H5BrFNO2. The molecule has 0 spiro atoms.